The molecule has 0 atom stereocenters. The maximum Gasteiger partial charge on any atom is 0.261 e. The van der Waals surface area contributed by atoms with Crippen molar-refractivity contribution in [3.8, 4) is 0 Å². The summed E-state index contributed by atoms with van der Waals surface area (Å²) in [5.74, 6) is -0.586. The van der Waals surface area contributed by atoms with E-state index in [0.29, 0.717) is 11.4 Å². The number of nitrogens with one attached hydrogen (secondary N) is 1. The Balaban J connectivity index is 1.40. The van der Waals surface area contributed by atoms with Gasteiger partial charge in [-0.1, -0.05) is 60.7 Å². The molecule has 2 heterocycles. The molecule has 0 aliphatic carbocycles. The van der Waals surface area contributed by atoms with E-state index in [4.69, 9.17) is 5.73 Å². The smallest absolute Gasteiger partial charge is 0.261 e. The van der Waals surface area contributed by atoms with Crippen molar-refractivity contribution in [1.29, 1.82) is 0 Å². The molecular formula is C28H23N5O3. The van der Waals surface area contributed by atoms with Crippen molar-refractivity contribution < 1.29 is 14.4 Å². The van der Waals surface area contributed by atoms with Crippen molar-refractivity contribution in [1.82, 2.24) is 20.2 Å². The van der Waals surface area contributed by atoms with E-state index in [1.807, 2.05) is 60.7 Å². The molecule has 0 unspecified atom stereocenters. The number of carbonyl (C=O) groups is 3. The van der Waals surface area contributed by atoms with Crippen LogP contribution in [0.4, 0.5) is 5.82 Å². The van der Waals surface area contributed by atoms with Gasteiger partial charge in [-0.05, 0) is 36.2 Å². The number of nitrogens with two attached hydrogens (primary N) is 1. The lowest BCUT2D eigenvalue weighted by Crippen LogP contribution is -2.30. The van der Waals surface area contributed by atoms with Gasteiger partial charge in [-0.15, -0.1) is 0 Å². The quantitative estimate of drug-likeness (QED) is 0.409. The van der Waals surface area contributed by atoms with Crippen LogP contribution in [0.3, 0.4) is 0 Å². The van der Waals surface area contributed by atoms with Crippen LogP contribution < -0.4 is 11.1 Å². The zero-order valence-electron chi connectivity index (χ0n) is 19.5. The number of rotatable bonds is 6. The topological polar surface area (TPSA) is 118 Å². The molecule has 0 fully saturated rings. The summed E-state index contributed by atoms with van der Waals surface area (Å²) in [4.78, 5) is 48.6. The summed E-state index contributed by atoms with van der Waals surface area (Å²) in [6.45, 7) is 1.65. The van der Waals surface area contributed by atoms with E-state index in [1.165, 1.54) is 18.3 Å². The Morgan fingerprint density at radius 3 is 2.14 bits per heavy atom. The molecule has 1 aromatic heterocycles. The molecule has 0 bridgehead atoms. The maximum atomic E-state index is 13.3. The van der Waals surface area contributed by atoms with E-state index in [1.54, 1.807) is 13.0 Å². The molecule has 3 aromatic carbocycles. The fraction of sp³-hybridized carbons (Fsp3) is 0.107. The summed E-state index contributed by atoms with van der Waals surface area (Å²) in [7, 11) is 0. The predicted octanol–water partition coefficient (Wildman–Crippen LogP) is 3.68. The Kier molecular flexibility index (Phi) is 6.00. The van der Waals surface area contributed by atoms with Gasteiger partial charge in [0.1, 0.15) is 11.6 Å². The first-order chi connectivity index (χ1) is 17.4. The third kappa shape index (κ3) is 4.32. The molecule has 0 spiro atoms. The Hall–Kier alpha value is -4.85. The van der Waals surface area contributed by atoms with Gasteiger partial charge in [0.05, 0.1) is 23.7 Å². The molecule has 0 radical (unpaired) electrons. The minimum absolute atomic E-state index is 0.0515. The van der Waals surface area contributed by atoms with Gasteiger partial charge < -0.3 is 11.1 Å². The molecule has 0 saturated carbocycles. The van der Waals surface area contributed by atoms with Crippen LogP contribution in [0.2, 0.25) is 0 Å². The van der Waals surface area contributed by atoms with Crippen molar-refractivity contribution >= 4 is 23.5 Å². The van der Waals surface area contributed by atoms with Crippen LogP contribution in [0, 0.1) is 6.92 Å². The fourth-order valence-electron chi connectivity index (χ4n) is 4.24. The zero-order chi connectivity index (χ0) is 25.2. The number of fused-ring (bicyclic) bond motifs is 1. The highest BCUT2D eigenvalue weighted by Gasteiger charge is 2.36. The highest BCUT2D eigenvalue weighted by molar-refractivity contribution is 6.22. The number of nitrogens with zero attached hydrogens (tertiary/aromatic N) is 3. The normalized spacial score (nSPS) is 12.7. The number of hydrogen-bond acceptors (Lipinski definition) is 6. The van der Waals surface area contributed by atoms with Crippen LogP contribution in [0.25, 0.3) is 0 Å². The third-order valence-electron chi connectivity index (χ3n) is 6.12. The lowest BCUT2D eigenvalue weighted by molar-refractivity contribution is 0.0642. The Labute approximate surface area is 207 Å². The Morgan fingerprint density at radius 1 is 0.917 bits per heavy atom. The molecule has 8 nitrogen and oxygen atoms in total. The number of anilines is 1. The SMILES string of the molecule is Cc1ncc(CN2C(=O)c3ccc(C(=O)NC(c4ccccc4)c4ccccc4)cc3C2=O)c(N)n1. The molecule has 0 saturated heterocycles. The molecular weight excluding hydrogens is 454 g/mol. The summed E-state index contributed by atoms with van der Waals surface area (Å²) in [6.07, 6.45) is 1.51. The highest BCUT2D eigenvalue weighted by Crippen LogP contribution is 2.27. The monoisotopic (exact) mass is 477 g/mol. The van der Waals surface area contributed by atoms with Gasteiger partial charge in [0, 0.05) is 17.3 Å². The van der Waals surface area contributed by atoms with Crippen molar-refractivity contribution in [3.63, 3.8) is 0 Å². The molecule has 4 aromatic rings. The average molecular weight is 478 g/mol. The zero-order valence-corrected chi connectivity index (χ0v) is 19.5. The summed E-state index contributed by atoms with van der Waals surface area (Å²) in [6, 6.07) is 23.4. The van der Waals surface area contributed by atoms with Crippen molar-refractivity contribution in [2.75, 3.05) is 5.73 Å². The summed E-state index contributed by atoms with van der Waals surface area (Å²) < 4.78 is 0. The first kappa shape index (κ1) is 22.9. The lowest BCUT2D eigenvalue weighted by atomic mass is 9.98. The van der Waals surface area contributed by atoms with E-state index in [2.05, 4.69) is 15.3 Å². The van der Waals surface area contributed by atoms with E-state index >= 15 is 0 Å². The number of carbonyl (C=O) groups excluding carboxylic acids is 3. The number of nitrogen functional groups attached to an aromatic ring is 1. The predicted molar refractivity (Wildman–Crippen MR) is 134 cm³/mol. The molecule has 178 valence electrons. The van der Waals surface area contributed by atoms with Gasteiger partial charge in [-0.3, -0.25) is 19.3 Å². The van der Waals surface area contributed by atoms with Crippen LogP contribution in [0.15, 0.2) is 85.1 Å². The molecule has 36 heavy (non-hydrogen) atoms. The van der Waals surface area contributed by atoms with Crippen molar-refractivity contribution in [3.05, 3.63) is 124 Å². The van der Waals surface area contributed by atoms with Gasteiger partial charge in [0.2, 0.25) is 0 Å². The minimum Gasteiger partial charge on any atom is -0.383 e. The van der Waals surface area contributed by atoms with Crippen molar-refractivity contribution in [2.45, 2.75) is 19.5 Å². The largest absolute Gasteiger partial charge is 0.383 e. The van der Waals surface area contributed by atoms with Gasteiger partial charge in [0.15, 0.2) is 0 Å². The maximum absolute atomic E-state index is 13.3. The molecule has 3 amide bonds. The second-order valence-electron chi connectivity index (χ2n) is 8.51. The fourth-order valence-corrected chi connectivity index (χ4v) is 4.24. The van der Waals surface area contributed by atoms with Crippen LogP contribution in [-0.4, -0.2) is 32.6 Å². The van der Waals surface area contributed by atoms with Gasteiger partial charge in [-0.2, -0.15) is 0 Å². The third-order valence-corrected chi connectivity index (χ3v) is 6.12. The second-order valence-corrected chi connectivity index (χ2v) is 8.51. The number of imide groups is 1. The van der Waals surface area contributed by atoms with E-state index < -0.39 is 11.8 Å². The Morgan fingerprint density at radius 2 is 1.53 bits per heavy atom. The molecule has 5 rings (SSSR count). The average Bonchev–Trinajstić information content (AvgIpc) is 3.13. The molecule has 1 aliphatic heterocycles. The first-order valence-electron chi connectivity index (χ1n) is 11.4. The number of amides is 3. The molecule has 8 heteroatoms. The number of aromatic nitrogens is 2. The van der Waals surface area contributed by atoms with Crippen molar-refractivity contribution in [2.24, 2.45) is 0 Å². The van der Waals surface area contributed by atoms with Crippen LogP contribution in [0.1, 0.15) is 59.6 Å². The highest BCUT2D eigenvalue weighted by atomic mass is 16.2. The van der Waals surface area contributed by atoms with E-state index in [9.17, 15) is 14.4 Å². The number of aryl methyl sites for hydroxylation is 1. The van der Waals surface area contributed by atoms with E-state index in [-0.39, 0.29) is 41.0 Å². The Bertz CT molecular complexity index is 1430. The van der Waals surface area contributed by atoms with Crippen LogP contribution in [0.5, 0.6) is 0 Å². The molecule has 3 N–H and O–H groups in total. The van der Waals surface area contributed by atoms with Gasteiger partial charge in [-0.25, -0.2) is 9.97 Å². The summed E-state index contributed by atoms with van der Waals surface area (Å²) in [5, 5.41) is 3.07. The van der Waals surface area contributed by atoms with E-state index in [0.717, 1.165) is 16.0 Å². The minimum atomic E-state index is -0.493. The second kappa shape index (κ2) is 9.42. The number of hydrogen-bond donors (Lipinski definition) is 2. The first-order valence-corrected chi connectivity index (χ1v) is 11.4. The van der Waals surface area contributed by atoms with Gasteiger partial charge in [0.25, 0.3) is 17.7 Å². The lowest BCUT2D eigenvalue weighted by Gasteiger charge is -2.20. The van der Waals surface area contributed by atoms with Crippen LogP contribution >= 0.6 is 0 Å². The number of benzene rings is 3. The summed E-state index contributed by atoms with van der Waals surface area (Å²) in [5.41, 5.74) is 8.97. The van der Waals surface area contributed by atoms with Gasteiger partial charge >= 0.3 is 0 Å². The standard InChI is InChI=1S/C28H23N5O3/c1-17-30-15-21(25(29)31-17)16-33-27(35)22-13-12-20(14-23(22)28(33)36)26(34)32-24(18-8-4-2-5-9-18)19-10-6-3-7-11-19/h2-15,24H,16H2,1H3,(H,32,34)(H2,29,30,31). The summed E-state index contributed by atoms with van der Waals surface area (Å²) >= 11 is 0. The molecule has 1 aliphatic rings. The van der Waals surface area contributed by atoms with Crippen LogP contribution in [-0.2, 0) is 6.54 Å².